The molecule has 3 rings (SSSR count). The average molecular weight is 370 g/mol. The number of H-pyrrole nitrogens is 1. The Bertz CT molecular complexity index is 1060. The number of hydrogen-bond donors (Lipinski definition) is 2. The summed E-state index contributed by atoms with van der Waals surface area (Å²) in [4.78, 5) is 16.9. The van der Waals surface area contributed by atoms with Crippen molar-refractivity contribution in [1.29, 1.82) is 0 Å². The van der Waals surface area contributed by atoms with Crippen LogP contribution < -0.4 is 5.32 Å². The van der Waals surface area contributed by atoms with E-state index in [4.69, 9.17) is 0 Å². The Balaban J connectivity index is 1.90. The van der Waals surface area contributed by atoms with E-state index in [1.54, 1.807) is 44.2 Å². The van der Waals surface area contributed by atoms with Crippen LogP contribution in [0.2, 0.25) is 0 Å². The van der Waals surface area contributed by atoms with E-state index < -0.39 is 15.7 Å². The quantitative estimate of drug-likeness (QED) is 0.718. The summed E-state index contributed by atoms with van der Waals surface area (Å²) in [7, 11) is -3.50. The lowest BCUT2D eigenvalue weighted by atomic mass is 10.1. The van der Waals surface area contributed by atoms with E-state index in [0.717, 1.165) is 5.56 Å². The van der Waals surface area contributed by atoms with Gasteiger partial charge >= 0.3 is 0 Å². The van der Waals surface area contributed by atoms with Gasteiger partial charge in [-0.25, -0.2) is 13.4 Å². The lowest BCUT2D eigenvalue weighted by Crippen LogP contribution is -2.17. The maximum absolute atomic E-state index is 12.6. The van der Waals surface area contributed by atoms with Crippen LogP contribution in [0.15, 0.2) is 53.4 Å². The van der Waals surface area contributed by atoms with Crippen LogP contribution in [-0.4, -0.2) is 35.3 Å². The number of nitrogens with zero attached hydrogens (tertiary/aromatic N) is 2. The number of anilines is 1. The topological polar surface area (TPSA) is 105 Å². The molecule has 0 saturated heterocycles. The minimum Gasteiger partial charge on any atom is -0.322 e. The molecule has 0 spiro atoms. The van der Waals surface area contributed by atoms with Gasteiger partial charge in [0.15, 0.2) is 15.7 Å². The highest BCUT2D eigenvalue weighted by Crippen LogP contribution is 2.22. The summed E-state index contributed by atoms with van der Waals surface area (Å²) in [6.45, 7) is 3.35. The van der Waals surface area contributed by atoms with Crippen molar-refractivity contribution < 1.29 is 13.2 Å². The van der Waals surface area contributed by atoms with Gasteiger partial charge < -0.3 is 5.32 Å². The summed E-state index contributed by atoms with van der Waals surface area (Å²) >= 11 is 0. The van der Waals surface area contributed by atoms with Crippen molar-refractivity contribution in [2.45, 2.75) is 18.7 Å². The Morgan fingerprint density at radius 2 is 1.92 bits per heavy atom. The number of benzene rings is 2. The van der Waals surface area contributed by atoms with Gasteiger partial charge in [0, 0.05) is 11.3 Å². The number of aromatic nitrogens is 3. The number of rotatable bonds is 5. The normalized spacial score (nSPS) is 11.3. The van der Waals surface area contributed by atoms with Crippen molar-refractivity contribution in [2.24, 2.45) is 0 Å². The van der Waals surface area contributed by atoms with E-state index in [0.29, 0.717) is 17.3 Å². The van der Waals surface area contributed by atoms with Crippen molar-refractivity contribution in [3.05, 3.63) is 59.9 Å². The van der Waals surface area contributed by atoms with Gasteiger partial charge in [0.05, 0.1) is 16.2 Å². The largest absolute Gasteiger partial charge is 0.322 e. The maximum atomic E-state index is 12.6. The molecule has 2 N–H and O–H groups in total. The van der Waals surface area contributed by atoms with Gasteiger partial charge in [-0.3, -0.25) is 9.89 Å². The number of carbonyl (C=O) groups is 1. The van der Waals surface area contributed by atoms with Gasteiger partial charge in [-0.15, -0.1) is 0 Å². The molecule has 0 bridgehead atoms. The van der Waals surface area contributed by atoms with Crippen LogP contribution >= 0.6 is 0 Å². The van der Waals surface area contributed by atoms with Crippen LogP contribution in [0.1, 0.15) is 23.1 Å². The van der Waals surface area contributed by atoms with Crippen LogP contribution in [0.3, 0.4) is 0 Å². The average Bonchev–Trinajstić information content (AvgIpc) is 3.08. The van der Waals surface area contributed by atoms with E-state index in [-0.39, 0.29) is 16.2 Å². The molecule has 8 heteroatoms. The fraction of sp³-hybridized carbons (Fsp3) is 0.167. The van der Waals surface area contributed by atoms with Crippen molar-refractivity contribution in [3.8, 4) is 11.4 Å². The van der Waals surface area contributed by atoms with Crippen molar-refractivity contribution in [2.75, 3.05) is 11.1 Å². The highest BCUT2D eigenvalue weighted by Gasteiger charge is 2.20. The second-order valence-corrected chi connectivity index (χ2v) is 7.93. The van der Waals surface area contributed by atoms with Gasteiger partial charge in [0.2, 0.25) is 0 Å². The Labute approximate surface area is 151 Å². The highest BCUT2D eigenvalue weighted by atomic mass is 32.2. The van der Waals surface area contributed by atoms with Crippen molar-refractivity contribution in [1.82, 2.24) is 15.2 Å². The van der Waals surface area contributed by atoms with E-state index in [9.17, 15) is 13.2 Å². The third kappa shape index (κ3) is 3.65. The number of nitrogens with one attached hydrogen (secondary N) is 2. The number of aryl methyl sites for hydroxylation is 1. The molecule has 134 valence electrons. The molecule has 2 aromatic carbocycles. The van der Waals surface area contributed by atoms with Gasteiger partial charge in [0.1, 0.15) is 5.82 Å². The number of carbonyl (C=O) groups excluding carboxylic acids is 1. The molecule has 0 fully saturated rings. The molecule has 1 amide bonds. The molecule has 3 aromatic rings. The first-order valence-electron chi connectivity index (χ1n) is 8.03. The molecule has 1 heterocycles. The fourth-order valence-corrected chi connectivity index (χ4v) is 3.58. The first-order chi connectivity index (χ1) is 12.4. The van der Waals surface area contributed by atoms with Crippen molar-refractivity contribution >= 4 is 21.4 Å². The number of aromatic amines is 1. The van der Waals surface area contributed by atoms with Crippen LogP contribution in [0.25, 0.3) is 11.4 Å². The second kappa shape index (κ2) is 7.09. The van der Waals surface area contributed by atoms with Gasteiger partial charge in [-0.1, -0.05) is 31.2 Å². The predicted molar refractivity (Wildman–Crippen MR) is 98.7 cm³/mol. The Hall–Kier alpha value is -3.00. The van der Waals surface area contributed by atoms with Crippen molar-refractivity contribution in [3.63, 3.8) is 0 Å². The Morgan fingerprint density at radius 3 is 2.62 bits per heavy atom. The van der Waals surface area contributed by atoms with Crippen LogP contribution in [0, 0.1) is 6.92 Å². The first-order valence-corrected chi connectivity index (χ1v) is 9.68. The maximum Gasteiger partial charge on any atom is 0.256 e. The third-order valence-corrected chi connectivity index (χ3v) is 5.61. The summed E-state index contributed by atoms with van der Waals surface area (Å²) in [5.41, 5.74) is 1.38. The molecule has 0 unspecified atom stereocenters. The molecular weight excluding hydrogens is 352 g/mol. The highest BCUT2D eigenvalue weighted by molar-refractivity contribution is 7.91. The molecule has 7 nitrogen and oxygen atoms in total. The number of hydrogen-bond acceptors (Lipinski definition) is 5. The fourth-order valence-electron chi connectivity index (χ4n) is 2.49. The Morgan fingerprint density at radius 1 is 1.15 bits per heavy atom. The zero-order chi connectivity index (χ0) is 18.7. The minimum absolute atomic E-state index is 0.0285. The van der Waals surface area contributed by atoms with Gasteiger partial charge in [-0.2, -0.15) is 5.10 Å². The predicted octanol–water partition coefficient (Wildman–Crippen LogP) is 2.83. The standard InChI is InChI=1S/C18H18N4O3S/c1-3-26(24,25)16-10-5-4-9-15(16)18(23)20-14-8-6-7-13(11-14)17-19-12(2)21-22-17/h4-11H,3H2,1-2H3,(H,20,23)(H,19,21,22). The molecule has 0 radical (unpaired) electrons. The van der Waals surface area contributed by atoms with Gasteiger partial charge in [-0.05, 0) is 31.2 Å². The Kier molecular flexibility index (Phi) is 4.85. The zero-order valence-corrected chi connectivity index (χ0v) is 15.2. The van der Waals surface area contributed by atoms with Crippen LogP contribution in [0.4, 0.5) is 5.69 Å². The molecule has 0 saturated carbocycles. The van der Waals surface area contributed by atoms with E-state index in [1.807, 2.05) is 6.07 Å². The SMILES string of the molecule is CCS(=O)(=O)c1ccccc1C(=O)Nc1cccc(-c2n[nH]c(C)n2)c1. The molecule has 26 heavy (non-hydrogen) atoms. The second-order valence-electron chi connectivity index (χ2n) is 5.68. The number of amides is 1. The first kappa shape index (κ1) is 17.8. The van der Waals surface area contributed by atoms with E-state index >= 15 is 0 Å². The molecule has 0 atom stereocenters. The molecule has 0 aliphatic carbocycles. The number of sulfone groups is 1. The lowest BCUT2D eigenvalue weighted by Gasteiger charge is -2.10. The molecule has 1 aromatic heterocycles. The summed E-state index contributed by atoms with van der Waals surface area (Å²) in [6, 6.07) is 13.2. The lowest BCUT2D eigenvalue weighted by molar-refractivity contribution is 0.102. The summed E-state index contributed by atoms with van der Waals surface area (Å²) in [6.07, 6.45) is 0. The summed E-state index contributed by atoms with van der Waals surface area (Å²) in [5.74, 6) is 0.651. The smallest absolute Gasteiger partial charge is 0.256 e. The van der Waals surface area contributed by atoms with Gasteiger partial charge in [0.25, 0.3) is 5.91 Å². The molecular formula is C18H18N4O3S. The summed E-state index contributed by atoms with van der Waals surface area (Å²) in [5, 5.41) is 9.60. The zero-order valence-electron chi connectivity index (χ0n) is 14.4. The van der Waals surface area contributed by atoms with E-state index in [2.05, 4.69) is 20.5 Å². The molecule has 0 aliphatic rings. The molecule has 0 aliphatic heterocycles. The summed E-state index contributed by atoms with van der Waals surface area (Å²) < 4.78 is 24.4. The third-order valence-electron chi connectivity index (χ3n) is 3.82. The van der Waals surface area contributed by atoms with Crippen LogP contribution in [-0.2, 0) is 9.84 Å². The van der Waals surface area contributed by atoms with E-state index in [1.165, 1.54) is 12.1 Å². The van der Waals surface area contributed by atoms with Crippen LogP contribution in [0.5, 0.6) is 0 Å². The monoisotopic (exact) mass is 370 g/mol. The minimum atomic E-state index is -3.50.